The average Bonchev–Trinajstić information content (AvgIpc) is 3.74. The molecule has 4 rings (SSSR count). The Hall–Kier alpha value is -2.42. The van der Waals surface area contributed by atoms with E-state index in [1.54, 1.807) is 31.4 Å². The van der Waals surface area contributed by atoms with E-state index in [1.165, 1.54) is 12.7 Å². The number of esters is 1. The minimum absolute atomic E-state index is 0.0699. The summed E-state index contributed by atoms with van der Waals surface area (Å²) in [6.07, 6.45) is 2.85. The van der Waals surface area contributed by atoms with E-state index in [4.69, 9.17) is 23.7 Å². The quantitative estimate of drug-likeness (QED) is 0.349. The van der Waals surface area contributed by atoms with Crippen LogP contribution in [0.4, 0.5) is 4.79 Å². The molecule has 1 aromatic rings. The van der Waals surface area contributed by atoms with Gasteiger partial charge in [-0.1, -0.05) is 42.0 Å². The maximum absolute atomic E-state index is 12.9. The van der Waals surface area contributed by atoms with Crippen molar-refractivity contribution < 1.29 is 33.3 Å². The van der Waals surface area contributed by atoms with Crippen molar-refractivity contribution in [1.82, 2.24) is 5.32 Å². The van der Waals surface area contributed by atoms with Crippen LogP contribution in [0.25, 0.3) is 0 Å². The van der Waals surface area contributed by atoms with Gasteiger partial charge in [0.05, 0.1) is 25.7 Å². The third kappa shape index (κ3) is 4.85. The predicted molar refractivity (Wildman–Crippen MR) is 124 cm³/mol. The summed E-state index contributed by atoms with van der Waals surface area (Å²) in [7, 11) is 2.92. The molecule has 1 aliphatic carbocycles. The van der Waals surface area contributed by atoms with Crippen LogP contribution in [0.15, 0.2) is 42.0 Å². The number of benzene rings is 1. The number of hydrogen-bond donors (Lipinski definition) is 1. The van der Waals surface area contributed by atoms with Gasteiger partial charge in [-0.25, -0.2) is 9.59 Å². The second kappa shape index (κ2) is 9.68. The molecule has 7 atom stereocenters. The van der Waals surface area contributed by atoms with E-state index in [1.807, 2.05) is 6.07 Å². The molecule has 1 spiro atoms. The Balaban J connectivity index is 1.47. The van der Waals surface area contributed by atoms with Crippen LogP contribution in [-0.2, 0) is 28.5 Å². The van der Waals surface area contributed by atoms with Crippen LogP contribution in [0.5, 0.6) is 0 Å². The molecule has 0 aromatic heterocycles. The zero-order chi connectivity index (χ0) is 24.5. The molecule has 1 N–H and O–H groups in total. The van der Waals surface area contributed by atoms with E-state index in [9.17, 15) is 9.59 Å². The molecular weight excluding hydrogens is 438 g/mol. The van der Waals surface area contributed by atoms with Gasteiger partial charge in [-0.2, -0.15) is 0 Å². The molecule has 2 aliphatic heterocycles. The molecule has 1 amide bonds. The summed E-state index contributed by atoms with van der Waals surface area (Å²) in [4.78, 5) is 25.2. The summed E-state index contributed by atoms with van der Waals surface area (Å²) in [6, 6.07) is 7.97. The number of amides is 1. The topological polar surface area (TPSA) is 98.9 Å². The van der Waals surface area contributed by atoms with Gasteiger partial charge in [0.15, 0.2) is 6.04 Å². The maximum atomic E-state index is 12.9. The molecule has 2 heterocycles. The van der Waals surface area contributed by atoms with E-state index in [2.05, 4.69) is 32.2 Å². The van der Waals surface area contributed by atoms with Crippen LogP contribution < -0.4 is 5.32 Å². The lowest BCUT2D eigenvalue weighted by Crippen LogP contribution is -2.56. The van der Waals surface area contributed by atoms with E-state index >= 15 is 0 Å². The van der Waals surface area contributed by atoms with Crippen molar-refractivity contribution in [3.05, 3.63) is 47.5 Å². The van der Waals surface area contributed by atoms with Gasteiger partial charge in [0, 0.05) is 7.11 Å². The largest absolute Gasteiger partial charge is 0.467 e. The van der Waals surface area contributed by atoms with Gasteiger partial charge in [-0.3, -0.25) is 0 Å². The van der Waals surface area contributed by atoms with Gasteiger partial charge in [0.1, 0.15) is 23.4 Å². The molecule has 0 bridgehead atoms. The number of hydrogen-bond acceptors (Lipinski definition) is 7. The van der Waals surface area contributed by atoms with Crippen molar-refractivity contribution in [1.29, 1.82) is 0 Å². The smallest absolute Gasteiger partial charge is 0.408 e. The first-order chi connectivity index (χ1) is 16.2. The Kier molecular flexibility index (Phi) is 7.03. The van der Waals surface area contributed by atoms with E-state index in [0.717, 1.165) is 12.8 Å². The highest BCUT2D eigenvalue weighted by Gasteiger charge is 2.72. The minimum Gasteiger partial charge on any atom is -0.467 e. The van der Waals surface area contributed by atoms with Crippen LogP contribution in [0, 0.1) is 5.92 Å². The molecule has 3 aliphatic rings. The number of epoxide rings is 2. The predicted octanol–water partition coefficient (Wildman–Crippen LogP) is 3.70. The molecule has 2 saturated heterocycles. The number of allylic oxidation sites excluding steroid dienone is 1. The van der Waals surface area contributed by atoms with Crippen molar-refractivity contribution in [3.8, 4) is 0 Å². The lowest BCUT2D eigenvalue weighted by atomic mass is 9.68. The third-order valence-electron chi connectivity index (χ3n) is 7.33. The van der Waals surface area contributed by atoms with E-state index in [0.29, 0.717) is 18.6 Å². The van der Waals surface area contributed by atoms with Crippen molar-refractivity contribution in [2.45, 2.75) is 75.6 Å². The van der Waals surface area contributed by atoms with Crippen LogP contribution in [0.1, 0.15) is 51.6 Å². The third-order valence-corrected chi connectivity index (χ3v) is 7.33. The van der Waals surface area contributed by atoms with Crippen LogP contribution in [0.3, 0.4) is 0 Å². The highest BCUT2D eigenvalue weighted by Crippen LogP contribution is 2.59. The number of alkyl carbamates (subject to hydrolysis) is 1. The number of nitrogens with one attached hydrogen (secondary N) is 1. The molecule has 1 unspecified atom stereocenters. The molecular formula is C26H35NO7. The average molecular weight is 474 g/mol. The summed E-state index contributed by atoms with van der Waals surface area (Å²) in [5.74, 6) is -0.642. The first-order valence-corrected chi connectivity index (χ1v) is 11.8. The van der Waals surface area contributed by atoms with Gasteiger partial charge in [-0.15, -0.1) is 0 Å². The monoisotopic (exact) mass is 473 g/mol. The maximum Gasteiger partial charge on any atom is 0.408 e. The Morgan fingerprint density at radius 3 is 2.53 bits per heavy atom. The fourth-order valence-corrected chi connectivity index (χ4v) is 5.40. The molecule has 3 fully saturated rings. The van der Waals surface area contributed by atoms with Crippen molar-refractivity contribution >= 4 is 12.1 Å². The summed E-state index contributed by atoms with van der Waals surface area (Å²) in [6.45, 7) is 6.90. The Bertz CT molecular complexity index is 924. The lowest BCUT2D eigenvalue weighted by molar-refractivity contribution is -0.143. The number of ether oxygens (including phenoxy) is 5. The van der Waals surface area contributed by atoms with Crippen LogP contribution in [0.2, 0.25) is 0 Å². The van der Waals surface area contributed by atoms with Crippen LogP contribution in [-0.4, -0.2) is 62.4 Å². The van der Waals surface area contributed by atoms with E-state index in [-0.39, 0.29) is 17.6 Å². The molecule has 8 nitrogen and oxygen atoms in total. The molecule has 1 aromatic carbocycles. The standard InChI is InChI=1S/C26H35NO7/c1-16(2)11-12-19-25(3,34-19)22-21(30-4)18(13-14-26(22)15-32-26)33-24(29)27-20(23(28)31-5)17-9-7-6-8-10-17/h6-11,18-22H,12-15H2,1-5H3,(H,27,29)/t18-,19-,20-,21-,22-,25?,26+/m1/s1. The normalized spacial score (nSPS) is 34.6. The van der Waals surface area contributed by atoms with Crippen molar-refractivity contribution in [2.24, 2.45) is 5.92 Å². The van der Waals surface area contributed by atoms with Gasteiger partial charge < -0.3 is 29.0 Å². The molecule has 34 heavy (non-hydrogen) atoms. The number of carbonyl (C=O) groups excluding carboxylic acids is 2. The molecule has 0 radical (unpaired) electrons. The number of carbonyl (C=O) groups is 2. The molecule has 8 heteroatoms. The summed E-state index contributed by atoms with van der Waals surface area (Å²) in [5, 5.41) is 2.66. The summed E-state index contributed by atoms with van der Waals surface area (Å²) >= 11 is 0. The van der Waals surface area contributed by atoms with Gasteiger partial charge in [0.2, 0.25) is 0 Å². The highest BCUT2D eigenvalue weighted by molar-refractivity contribution is 5.82. The lowest BCUT2D eigenvalue weighted by Gasteiger charge is -2.42. The molecule has 186 valence electrons. The first-order valence-electron chi connectivity index (χ1n) is 11.8. The summed E-state index contributed by atoms with van der Waals surface area (Å²) < 4.78 is 28.8. The second-order valence-corrected chi connectivity index (χ2v) is 9.83. The zero-order valence-corrected chi connectivity index (χ0v) is 20.5. The van der Waals surface area contributed by atoms with Crippen LogP contribution >= 0.6 is 0 Å². The Morgan fingerprint density at radius 2 is 1.94 bits per heavy atom. The van der Waals surface area contributed by atoms with Gasteiger partial charge in [-0.05, 0) is 45.6 Å². The zero-order valence-electron chi connectivity index (χ0n) is 20.5. The molecule has 1 saturated carbocycles. The van der Waals surface area contributed by atoms with Gasteiger partial charge in [0.25, 0.3) is 0 Å². The van der Waals surface area contributed by atoms with Crippen molar-refractivity contribution in [2.75, 3.05) is 20.8 Å². The van der Waals surface area contributed by atoms with Gasteiger partial charge >= 0.3 is 12.1 Å². The Morgan fingerprint density at radius 1 is 1.24 bits per heavy atom. The second-order valence-electron chi connectivity index (χ2n) is 9.83. The summed E-state index contributed by atoms with van der Waals surface area (Å²) in [5.41, 5.74) is 1.14. The number of rotatable bonds is 8. The highest BCUT2D eigenvalue weighted by atomic mass is 16.6. The Labute approximate surface area is 200 Å². The SMILES string of the molecule is COC(=O)[C@H](NC(=O)O[C@@H]1CC[C@]2(CO2)[C@@H](C2(C)O[C@@H]2CC=C(C)C)[C@@H]1OC)c1ccccc1. The first kappa shape index (κ1) is 24.7. The van der Waals surface area contributed by atoms with Crippen molar-refractivity contribution in [3.63, 3.8) is 0 Å². The minimum atomic E-state index is -0.963. The fraction of sp³-hybridized carbons (Fsp3) is 0.615. The fourth-order valence-electron chi connectivity index (χ4n) is 5.40. The number of methoxy groups -OCH3 is 2. The van der Waals surface area contributed by atoms with E-state index < -0.39 is 35.9 Å².